The van der Waals surface area contributed by atoms with Crippen LogP contribution in [0.4, 0.5) is 0 Å². The minimum atomic E-state index is 0.0787. The number of hydrogen-bond acceptors (Lipinski definition) is 3. The van der Waals surface area contributed by atoms with E-state index in [4.69, 9.17) is 11.6 Å². The third-order valence-corrected chi connectivity index (χ3v) is 6.23. The summed E-state index contributed by atoms with van der Waals surface area (Å²) in [7, 11) is 0. The molecule has 1 amide bonds. The average molecular weight is 386 g/mol. The highest BCUT2D eigenvalue weighted by Crippen LogP contribution is 2.26. The van der Waals surface area contributed by atoms with Gasteiger partial charge >= 0.3 is 0 Å². The van der Waals surface area contributed by atoms with Crippen molar-refractivity contribution in [2.24, 2.45) is 5.92 Å². The van der Waals surface area contributed by atoms with Gasteiger partial charge in [0.05, 0.1) is 11.1 Å². The molecule has 1 aromatic carbocycles. The molecule has 0 unspecified atom stereocenters. The van der Waals surface area contributed by atoms with E-state index in [0.29, 0.717) is 10.7 Å². The molecule has 0 radical (unpaired) electrons. The molecule has 1 aliphatic heterocycles. The van der Waals surface area contributed by atoms with Gasteiger partial charge in [-0.25, -0.2) is 4.98 Å². The zero-order valence-electron chi connectivity index (χ0n) is 15.9. The smallest absolute Gasteiger partial charge is 0.254 e. The molecule has 1 saturated carbocycles. The Morgan fingerprint density at radius 2 is 1.85 bits per heavy atom. The zero-order chi connectivity index (χ0) is 18.6. The number of benzene rings is 1. The summed E-state index contributed by atoms with van der Waals surface area (Å²) in [5, 5.41) is 1.26. The van der Waals surface area contributed by atoms with Gasteiger partial charge in [-0.3, -0.25) is 4.79 Å². The lowest BCUT2D eigenvalue weighted by Gasteiger charge is -2.28. The molecule has 2 heterocycles. The van der Waals surface area contributed by atoms with Crippen molar-refractivity contribution >= 4 is 28.4 Å². The van der Waals surface area contributed by atoms with Gasteiger partial charge in [0.25, 0.3) is 5.91 Å². The number of carbonyl (C=O) groups excluding carboxylic acids is 1. The van der Waals surface area contributed by atoms with Crippen LogP contribution < -0.4 is 0 Å². The van der Waals surface area contributed by atoms with Gasteiger partial charge in [0.1, 0.15) is 5.15 Å². The lowest BCUT2D eigenvalue weighted by atomic mass is 9.89. The summed E-state index contributed by atoms with van der Waals surface area (Å²) in [6.07, 6.45) is 7.97. The quantitative estimate of drug-likeness (QED) is 0.723. The van der Waals surface area contributed by atoms with Crippen molar-refractivity contribution in [1.82, 2.24) is 14.8 Å². The molecule has 0 bridgehead atoms. The Morgan fingerprint density at radius 3 is 2.70 bits per heavy atom. The lowest BCUT2D eigenvalue weighted by Crippen LogP contribution is -2.37. The molecule has 1 aliphatic carbocycles. The van der Waals surface area contributed by atoms with Crippen LogP contribution in [0.1, 0.15) is 48.9 Å². The molecule has 5 heteroatoms. The highest BCUT2D eigenvalue weighted by molar-refractivity contribution is 6.30. The minimum absolute atomic E-state index is 0.0787. The molecule has 2 fully saturated rings. The molecule has 4 rings (SSSR count). The summed E-state index contributed by atoms with van der Waals surface area (Å²) in [6.45, 7) is 4.87. The summed E-state index contributed by atoms with van der Waals surface area (Å²) in [5.74, 6) is 0.930. The molecule has 144 valence electrons. The Hall–Kier alpha value is -1.65. The second-order valence-electron chi connectivity index (χ2n) is 7.96. The number of amides is 1. The van der Waals surface area contributed by atoms with Gasteiger partial charge in [-0.2, -0.15) is 0 Å². The molecule has 2 aliphatic rings. The Labute approximate surface area is 166 Å². The van der Waals surface area contributed by atoms with Crippen molar-refractivity contribution < 1.29 is 4.79 Å². The summed E-state index contributed by atoms with van der Waals surface area (Å²) >= 11 is 6.18. The molecule has 0 N–H and O–H groups in total. The monoisotopic (exact) mass is 385 g/mol. The van der Waals surface area contributed by atoms with Crippen LogP contribution in [0.25, 0.3) is 10.9 Å². The van der Waals surface area contributed by atoms with Gasteiger partial charge in [0.15, 0.2) is 0 Å². The first-order valence-corrected chi connectivity index (χ1v) is 10.7. The largest absolute Gasteiger partial charge is 0.337 e. The minimum Gasteiger partial charge on any atom is -0.337 e. The normalized spacial score (nSPS) is 20.0. The second kappa shape index (κ2) is 8.57. The highest BCUT2D eigenvalue weighted by Gasteiger charge is 2.24. The van der Waals surface area contributed by atoms with Crippen LogP contribution in [-0.4, -0.2) is 53.4 Å². The number of halogens is 1. The molecule has 0 atom stereocenters. The van der Waals surface area contributed by atoms with Crippen molar-refractivity contribution in [2.75, 3.05) is 32.7 Å². The van der Waals surface area contributed by atoms with Gasteiger partial charge in [-0.1, -0.05) is 49.1 Å². The van der Waals surface area contributed by atoms with Gasteiger partial charge in [0.2, 0.25) is 0 Å². The lowest BCUT2D eigenvalue weighted by molar-refractivity contribution is 0.0762. The standard InChI is InChI=1S/C22H28ClN3O/c23-21-15-19(18-9-4-5-10-20(18)24-21)22(27)26-12-6-11-25(13-14-26)16-17-7-2-1-3-8-17/h4-5,9-10,15,17H,1-3,6-8,11-14,16H2. The van der Waals surface area contributed by atoms with E-state index in [2.05, 4.69) is 9.88 Å². The fraction of sp³-hybridized carbons (Fsp3) is 0.545. The van der Waals surface area contributed by atoms with Crippen molar-refractivity contribution in [2.45, 2.75) is 38.5 Å². The van der Waals surface area contributed by atoms with Crippen molar-refractivity contribution in [3.63, 3.8) is 0 Å². The molecular formula is C22H28ClN3O. The van der Waals surface area contributed by atoms with Crippen LogP contribution in [0.2, 0.25) is 5.15 Å². The van der Waals surface area contributed by atoms with E-state index in [0.717, 1.165) is 49.4 Å². The van der Waals surface area contributed by atoms with Crippen LogP contribution >= 0.6 is 11.6 Å². The maximum Gasteiger partial charge on any atom is 0.254 e. The van der Waals surface area contributed by atoms with Gasteiger partial charge < -0.3 is 9.80 Å². The maximum atomic E-state index is 13.2. The Kier molecular flexibility index (Phi) is 5.94. The number of hydrogen-bond donors (Lipinski definition) is 0. The summed E-state index contributed by atoms with van der Waals surface area (Å²) in [5.41, 5.74) is 1.45. The fourth-order valence-electron chi connectivity index (χ4n) is 4.58. The molecule has 0 spiro atoms. The number of rotatable bonds is 3. The van der Waals surface area contributed by atoms with Crippen LogP contribution in [0.5, 0.6) is 0 Å². The van der Waals surface area contributed by atoms with E-state index < -0.39 is 0 Å². The maximum absolute atomic E-state index is 13.2. The van der Waals surface area contributed by atoms with E-state index in [-0.39, 0.29) is 5.91 Å². The highest BCUT2D eigenvalue weighted by atomic mass is 35.5. The third kappa shape index (κ3) is 4.44. The van der Waals surface area contributed by atoms with Gasteiger partial charge in [-0.15, -0.1) is 0 Å². The number of carbonyl (C=O) groups is 1. The van der Waals surface area contributed by atoms with Crippen LogP contribution in [0, 0.1) is 5.92 Å². The molecular weight excluding hydrogens is 358 g/mol. The average Bonchev–Trinajstić information content (AvgIpc) is 2.93. The number of para-hydroxylation sites is 1. The zero-order valence-corrected chi connectivity index (χ0v) is 16.6. The summed E-state index contributed by atoms with van der Waals surface area (Å²) in [4.78, 5) is 22.2. The number of pyridine rings is 1. The van der Waals surface area contributed by atoms with Gasteiger partial charge in [0, 0.05) is 31.6 Å². The van der Waals surface area contributed by atoms with Crippen molar-refractivity contribution in [3.8, 4) is 0 Å². The van der Waals surface area contributed by atoms with E-state index in [9.17, 15) is 4.79 Å². The van der Waals surface area contributed by atoms with E-state index in [1.54, 1.807) is 6.07 Å². The Morgan fingerprint density at radius 1 is 1.04 bits per heavy atom. The number of nitrogens with zero attached hydrogens (tertiary/aromatic N) is 3. The fourth-order valence-corrected chi connectivity index (χ4v) is 4.78. The summed E-state index contributed by atoms with van der Waals surface area (Å²) in [6, 6.07) is 9.46. The molecule has 2 aromatic rings. The van der Waals surface area contributed by atoms with Crippen LogP contribution in [-0.2, 0) is 0 Å². The van der Waals surface area contributed by atoms with Crippen LogP contribution in [0.15, 0.2) is 30.3 Å². The summed E-state index contributed by atoms with van der Waals surface area (Å²) < 4.78 is 0. The second-order valence-corrected chi connectivity index (χ2v) is 8.35. The first-order chi connectivity index (χ1) is 13.2. The topological polar surface area (TPSA) is 36.4 Å². The Bertz CT molecular complexity index is 803. The molecule has 1 aromatic heterocycles. The van der Waals surface area contributed by atoms with E-state index >= 15 is 0 Å². The van der Waals surface area contributed by atoms with Crippen LogP contribution in [0.3, 0.4) is 0 Å². The van der Waals surface area contributed by atoms with E-state index in [1.807, 2.05) is 29.2 Å². The van der Waals surface area contributed by atoms with Crippen molar-refractivity contribution in [1.29, 1.82) is 0 Å². The van der Waals surface area contributed by atoms with E-state index in [1.165, 1.54) is 38.6 Å². The number of fused-ring (bicyclic) bond motifs is 1. The predicted octanol–water partition coefficient (Wildman–Crippen LogP) is 4.62. The van der Waals surface area contributed by atoms with Crippen molar-refractivity contribution in [3.05, 3.63) is 41.0 Å². The molecule has 1 saturated heterocycles. The number of aromatic nitrogens is 1. The SMILES string of the molecule is O=C(c1cc(Cl)nc2ccccc12)N1CCCN(CC2CCCCC2)CC1. The first kappa shape index (κ1) is 18.7. The predicted molar refractivity (Wildman–Crippen MR) is 110 cm³/mol. The van der Waals surface area contributed by atoms with Gasteiger partial charge in [-0.05, 0) is 43.9 Å². The molecule has 27 heavy (non-hydrogen) atoms. The Balaban J connectivity index is 1.45. The third-order valence-electron chi connectivity index (χ3n) is 6.03. The first-order valence-electron chi connectivity index (χ1n) is 10.3. The molecule has 4 nitrogen and oxygen atoms in total.